The van der Waals surface area contributed by atoms with Gasteiger partial charge < -0.3 is 4.42 Å². The molecular weight excluding hydrogens is 272 g/mol. The van der Waals surface area contributed by atoms with Gasteiger partial charge in [0.25, 0.3) is 0 Å². The first-order valence-corrected chi connectivity index (χ1v) is 7.76. The maximum atomic E-state index is 6.35. The standard InChI is InChI=1S/C16H21ClN2O/c1-2-3-4-5-9-12-14-18-19-16(20-14)15(17)13-10-7-6-8-11-13/h6-8,10-11,15H,2-5,9,12H2,1H3. The highest BCUT2D eigenvalue weighted by molar-refractivity contribution is 6.22. The Morgan fingerprint density at radius 1 is 1.05 bits per heavy atom. The van der Waals surface area contributed by atoms with Crippen LogP contribution in [0, 0.1) is 0 Å². The number of nitrogens with zero attached hydrogens (tertiary/aromatic N) is 2. The first-order chi connectivity index (χ1) is 9.81. The van der Waals surface area contributed by atoms with E-state index < -0.39 is 0 Å². The number of hydrogen-bond donors (Lipinski definition) is 0. The fourth-order valence-electron chi connectivity index (χ4n) is 2.11. The normalized spacial score (nSPS) is 12.5. The Hall–Kier alpha value is -1.35. The topological polar surface area (TPSA) is 38.9 Å². The van der Waals surface area contributed by atoms with Gasteiger partial charge in [-0.1, -0.05) is 62.9 Å². The van der Waals surface area contributed by atoms with Gasteiger partial charge in [0.05, 0.1) is 0 Å². The third-order valence-corrected chi connectivity index (χ3v) is 3.72. The second-order valence-electron chi connectivity index (χ2n) is 4.97. The number of unbranched alkanes of at least 4 members (excludes halogenated alkanes) is 4. The number of aromatic nitrogens is 2. The lowest BCUT2D eigenvalue weighted by Crippen LogP contribution is -1.92. The number of hydrogen-bond acceptors (Lipinski definition) is 3. The highest BCUT2D eigenvalue weighted by Gasteiger charge is 2.17. The summed E-state index contributed by atoms with van der Waals surface area (Å²) in [5.74, 6) is 1.18. The van der Waals surface area contributed by atoms with E-state index in [4.69, 9.17) is 16.0 Å². The average molecular weight is 293 g/mol. The predicted octanol–water partition coefficient (Wildman–Crippen LogP) is 4.91. The molecule has 2 rings (SSSR count). The fraction of sp³-hybridized carbons (Fsp3) is 0.500. The van der Waals surface area contributed by atoms with Gasteiger partial charge in [-0.2, -0.15) is 0 Å². The number of halogens is 1. The zero-order valence-electron chi connectivity index (χ0n) is 11.9. The van der Waals surface area contributed by atoms with Crippen molar-refractivity contribution in [2.75, 3.05) is 0 Å². The molecule has 4 heteroatoms. The Morgan fingerprint density at radius 2 is 1.80 bits per heavy atom. The van der Waals surface area contributed by atoms with E-state index in [-0.39, 0.29) is 5.38 Å². The Kier molecular flexibility index (Phi) is 6.06. The van der Waals surface area contributed by atoms with E-state index in [9.17, 15) is 0 Å². The molecule has 1 aromatic heterocycles. The lowest BCUT2D eigenvalue weighted by Gasteiger charge is -2.03. The first-order valence-electron chi connectivity index (χ1n) is 7.32. The van der Waals surface area contributed by atoms with Crippen molar-refractivity contribution in [1.82, 2.24) is 10.2 Å². The molecule has 2 aromatic rings. The van der Waals surface area contributed by atoms with Crippen molar-refractivity contribution < 1.29 is 4.42 Å². The van der Waals surface area contributed by atoms with E-state index in [0.29, 0.717) is 11.8 Å². The lowest BCUT2D eigenvalue weighted by atomic mass is 10.1. The van der Waals surface area contributed by atoms with E-state index in [1.54, 1.807) is 0 Å². The van der Waals surface area contributed by atoms with Gasteiger partial charge in [0.2, 0.25) is 11.8 Å². The maximum absolute atomic E-state index is 6.35. The molecule has 3 nitrogen and oxygen atoms in total. The second-order valence-corrected chi connectivity index (χ2v) is 5.41. The Balaban J connectivity index is 1.85. The molecule has 1 aromatic carbocycles. The molecule has 1 unspecified atom stereocenters. The summed E-state index contributed by atoms with van der Waals surface area (Å²) in [7, 11) is 0. The molecule has 20 heavy (non-hydrogen) atoms. The van der Waals surface area contributed by atoms with Gasteiger partial charge in [0, 0.05) is 6.42 Å². The van der Waals surface area contributed by atoms with Gasteiger partial charge in [-0.05, 0) is 12.0 Å². The first kappa shape index (κ1) is 15.0. The molecule has 1 heterocycles. The van der Waals surface area contributed by atoms with Crippen LogP contribution in [0.15, 0.2) is 34.7 Å². The van der Waals surface area contributed by atoms with Crippen molar-refractivity contribution in [3.05, 3.63) is 47.7 Å². The van der Waals surface area contributed by atoms with Gasteiger partial charge in [0.1, 0.15) is 5.38 Å². The van der Waals surface area contributed by atoms with Gasteiger partial charge in [-0.15, -0.1) is 21.8 Å². The van der Waals surface area contributed by atoms with Crippen molar-refractivity contribution in [2.24, 2.45) is 0 Å². The summed E-state index contributed by atoms with van der Waals surface area (Å²) in [4.78, 5) is 0. The quantitative estimate of drug-likeness (QED) is 0.512. The third-order valence-electron chi connectivity index (χ3n) is 3.29. The summed E-state index contributed by atoms with van der Waals surface area (Å²) in [6.45, 7) is 2.22. The highest BCUT2D eigenvalue weighted by Crippen LogP contribution is 2.27. The van der Waals surface area contributed by atoms with Crippen molar-refractivity contribution in [1.29, 1.82) is 0 Å². The van der Waals surface area contributed by atoms with Crippen LogP contribution in [0.25, 0.3) is 0 Å². The van der Waals surface area contributed by atoms with Crippen LogP contribution in [-0.2, 0) is 6.42 Å². The fourth-order valence-corrected chi connectivity index (χ4v) is 2.35. The van der Waals surface area contributed by atoms with Crippen LogP contribution in [0.2, 0.25) is 0 Å². The van der Waals surface area contributed by atoms with Gasteiger partial charge in [0.15, 0.2) is 0 Å². The molecule has 0 aliphatic carbocycles. The largest absolute Gasteiger partial charge is 0.423 e. The van der Waals surface area contributed by atoms with E-state index in [2.05, 4.69) is 17.1 Å². The molecule has 1 atom stereocenters. The van der Waals surface area contributed by atoms with Crippen LogP contribution in [0.1, 0.15) is 61.7 Å². The van der Waals surface area contributed by atoms with Crippen LogP contribution in [-0.4, -0.2) is 10.2 Å². The van der Waals surface area contributed by atoms with Gasteiger partial charge >= 0.3 is 0 Å². The van der Waals surface area contributed by atoms with Crippen molar-refractivity contribution in [3.8, 4) is 0 Å². The van der Waals surface area contributed by atoms with E-state index >= 15 is 0 Å². The summed E-state index contributed by atoms with van der Waals surface area (Å²) >= 11 is 6.35. The van der Waals surface area contributed by atoms with E-state index in [0.717, 1.165) is 18.4 Å². The molecule has 0 aliphatic rings. The van der Waals surface area contributed by atoms with E-state index in [1.165, 1.54) is 25.7 Å². The number of benzene rings is 1. The minimum Gasteiger partial charge on any atom is -0.423 e. The van der Waals surface area contributed by atoms with Crippen molar-refractivity contribution >= 4 is 11.6 Å². The minimum atomic E-state index is -0.363. The summed E-state index contributed by atoms with van der Waals surface area (Å²) in [6.07, 6.45) is 6.99. The molecule has 0 radical (unpaired) electrons. The van der Waals surface area contributed by atoms with Crippen LogP contribution in [0.5, 0.6) is 0 Å². The molecule has 0 bridgehead atoms. The Bertz CT molecular complexity index is 498. The third kappa shape index (κ3) is 4.34. The number of aryl methyl sites for hydroxylation is 1. The smallest absolute Gasteiger partial charge is 0.238 e. The van der Waals surface area contributed by atoms with Crippen molar-refractivity contribution in [3.63, 3.8) is 0 Å². The molecule has 0 spiro atoms. The molecule has 0 amide bonds. The Morgan fingerprint density at radius 3 is 2.55 bits per heavy atom. The predicted molar refractivity (Wildman–Crippen MR) is 80.9 cm³/mol. The zero-order valence-corrected chi connectivity index (χ0v) is 12.6. The zero-order chi connectivity index (χ0) is 14.2. The maximum Gasteiger partial charge on any atom is 0.238 e. The molecule has 0 saturated carbocycles. The highest BCUT2D eigenvalue weighted by atomic mass is 35.5. The van der Waals surface area contributed by atoms with Gasteiger partial charge in [-0.3, -0.25) is 0 Å². The second kappa shape index (κ2) is 8.05. The summed E-state index contributed by atoms with van der Waals surface area (Å²) in [5, 5.41) is 7.78. The minimum absolute atomic E-state index is 0.363. The van der Waals surface area contributed by atoms with Gasteiger partial charge in [-0.25, -0.2) is 0 Å². The molecule has 0 aliphatic heterocycles. The SMILES string of the molecule is CCCCCCCc1nnc(C(Cl)c2ccccc2)o1. The van der Waals surface area contributed by atoms with Crippen LogP contribution < -0.4 is 0 Å². The van der Waals surface area contributed by atoms with Crippen LogP contribution in [0.4, 0.5) is 0 Å². The summed E-state index contributed by atoms with van der Waals surface area (Å²) in [5.41, 5.74) is 0.979. The van der Waals surface area contributed by atoms with Crippen molar-refractivity contribution in [2.45, 2.75) is 50.8 Å². The molecular formula is C16H21ClN2O. The number of alkyl halides is 1. The summed E-state index contributed by atoms with van der Waals surface area (Å²) < 4.78 is 5.65. The Labute approximate surface area is 125 Å². The summed E-state index contributed by atoms with van der Waals surface area (Å²) in [6, 6.07) is 9.80. The molecule has 0 N–H and O–H groups in total. The van der Waals surface area contributed by atoms with E-state index in [1.807, 2.05) is 30.3 Å². The average Bonchev–Trinajstić information content (AvgIpc) is 2.96. The lowest BCUT2D eigenvalue weighted by molar-refractivity contribution is 0.444. The molecule has 0 saturated heterocycles. The monoisotopic (exact) mass is 292 g/mol. The van der Waals surface area contributed by atoms with Crippen LogP contribution >= 0.6 is 11.6 Å². The number of rotatable bonds is 8. The van der Waals surface area contributed by atoms with Crippen LogP contribution in [0.3, 0.4) is 0 Å². The molecule has 108 valence electrons. The molecule has 0 fully saturated rings.